The summed E-state index contributed by atoms with van der Waals surface area (Å²) in [5.74, 6) is 0.183. The molecule has 15 heteroatoms. The van der Waals surface area contributed by atoms with Crippen LogP contribution in [0.4, 0.5) is 11.4 Å². The van der Waals surface area contributed by atoms with Gasteiger partial charge in [-0.3, -0.25) is 14.9 Å². The van der Waals surface area contributed by atoms with E-state index < -0.39 is 20.9 Å². The second-order valence-corrected chi connectivity index (χ2v) is 17.9. The van der Waals surface area contributed by atoms with Crippen LogP contribution in [0, 0.1) is 10.1 Å². The van der Waals surface area contributed by atoms with Crippen molar-refractivity contribution in [3.05, 3.63) is 112 Å². The van der Waals surface area contributed by atoms with Gasteiger partial charge in [-0.25, -0.2) is 13.1 Å². The number of nitrogens with one attached hydrogen (secondary N) is 2. The average Bonchev–Trinajstić information content (AvgIpc) is 3.23. The second-order valence-electron chi connectivity index (χ2n) is 15.1. The summed E-state index contributed by atoms with van der Waals surface area (Å²) in [6.07, 6.45) is 2.62. The molecule has 310 valence electrons. The minimum Gasteiger partial charge on any atom is -0.496 e. The maximum Gasteiger partial charge on any atom is 0.293 e. The van der Waals surface area contributed by atoms with Crippen LogP contribution < -0.4 is 14.8 Å². The molecule has 4 aromatic rings. The zero-order chi connectivity index (χ0) is 41.1. The van der Waals surface area contributed by atoms with Gasteiger partial charge in [0.1, 0.15) is 11.4 Å². The topological polar surface area (TPSA) is 141 Å². The zero-order valence-electron chi connectivity index (χ0n) is 33.6. The first-order valence-electron chi connectivity index (χ1n) is 19.9. The van der Waals surface area contributed by atoms with E-state index in [1.807, 2.05) is 42.5 Å². The maximum atomic E-state index is 13.5. The van der Waals surface area contributed by atoms with Gasteiger partial charge in [0.05, 0.1) is 16.9 Å². The normalized spacial score (nSPS) is 16.5. The number of piperazine rings is 2. The van der Waals surface area contributed by atoms with E-state index >= 15 is 0 Å². The number of anilines is 1. The number of nitro groups is 1. The van der Waals surface area contributed by atoms with Crippen molar-refractivity contribution < 1.29 is 22.9 Å². The number of ether oxygens (including phenoxy) is 1. The lowest BCUT2D eigenvalue weighted by Crippen LogP contribution is -2.45. The SMILES string of the molecule is COc1cc(C(=O)NS(=O)(=O)c2ccc(N[C@H](CCCN3CCN(C)CC3)CSc3ccccc3)c([N+](=O)[O-])c2)ccc1-c1ccc(CCN2CCN(C)CC2)cc1. The number of hydrogen-bond acceptors (Lipinski definition) is 12. The Labute approximate surface area is 346 Å². The second kappa shape index (κ2) is 20.5. The molecule has 2 heterocycles. The molecule has 2 aliphatic heterocycles. The summed E-state index contributed by atoms with van der Waals surface area (Å²) in [5.41, 5.74) is 2.78. The molecule has 58 heavy (non-hydrogen) atoms. The molecule has 0 radical (unpaired) electrons. The highest BCUT2D eigenvalue weighted by atomic mass is 32.2. The van der Waals surface area contributed by atoms with Crippen molar-refractivity contribution in [1.82, 2.24) is 24.3 Å². The number of nitro benzene ring substituents is 1. The van der Waals surface area contributed by atoms with Crippen LogP contribution in [0.1, 0.15) is 28.8 Å². The molecule has 0 saturated carbocycles. The van der Waals surface area contributed by atoms with Crippen LogP contribution >= 0.6 is 11.8 Å². The molecular weight excluding hydrogens is 775 g/mol. The molecule has 0 aromatic heterocycles. The van der Waals surface area contributed by atoms with Gasteiger partial charge in [0.15, 0.2) is 0 Å². The Balaban J connectivity index is 1.11. The predicted molar refractivity (Wildman–Crippen MR) is 232 cm³/mol. The van der Waals surface area contributed by atoms with Crippen molar-refractivity contribution in [3.63, 3.8) is 0 Å². The third kappa shape index (κ3) is 12.0. The van der Waals surface area contributed by atoms with Gasteiger partial charge < -0.3 is 29.7 Å². The molecule has 2 fully saturated rings. The number of hydrogen-bond donors (Lipinski definition) is 2. The van der Waals surface area contributed by atoms with Crippen molar-refractivity contribution >= 4 is 39.1 Å². The molecule has 0 unspecified atom stereocenters. The number of nitrogens with zero attached hydrogens (tertiary/aromatic N) is 5. The number of rotatable bonds is 18. The van der Waals surface area contributed by atoms with Crippen LogP contribution in [0.3, 0.4) is 0 Å². The van der Waals surface area contributed by atoms with E-state index in [1.54, 1.807) is 17.8 Å². The van der Waals surface area contributed by atoms with Gasteiger partial charge in [-0.2, -0.15) is 0 Å². The molecule has 0 bridgehead atoms. The number of benzene rings is 4. The smallest absolute Gasteiger partial charge is 0.293 e. The number of carbonyl (C=O) groups excluding carboxylic acids is 1. The summed E-state index contributed by atoms with van der Waals surface area (Å²) in [7, 11) is 1.29. The van der Waals surface area contributed by atoms with Gasteiger partial charge >= 0.3 is 0 Å². The summed E-state index contributed by atoms with van der Waals surface area (Å²) >= 11 is 1.66. The molecule has 0 aliphatic carbocycles. The fraction of sp³-hybridized carbons (Fsp3) is 0.419. The first kappa shape index (κ1) is 43.1. The fourth-order valence-corrected chi connectivity index (χ4v) is 9.22. The molecular formula is C43H55N7O6S2. The number of thioether (sulfide) groups is 1. The highest BCUT2D eigenvalue weighted by Crippen LogP contribution is 2.33. The van der Waals surface area contributed by atoms with Gasteiger partial charge in [0.25, 0.3) is 21.6 Å². The molecule has 13 nitrogen and oxygen atoms in total. The van der Waals surface area contributed by atoms with Crippen molar-refractivity contribution in [2.24, 2.45) is 0 Å². The van der Waals surface area contributed by atoms with E-state index in [0.29, 0.717) is 11.5 Å². The van der Waals surface area contributed by atoms with Crippen LogP contribution in [0.15, 0.2) is 101 Å². The van der Waals surface area contributed by atoms with Gasteiger partial charge in [-0.05, 0) is 93.5 Å². The third-order valence-corrected chi connectivity index (χ3v) is 13.4. The van der Waals surface area contributed by atoms with Crippen molar-refractivity contribution in [1.29, 1.82) is 0 Å². The molecule has 1 amide bonds. The number of carbonyl (C=O) groups is 1. The fourth-order valence-electron chi connectivity index (χ4n) is 7.24. The first-order chi connectivity index (χ1) is 28.0. The van der Waals surface area contributed by atoms with E-state index in [1.165, 1.54) is 36.9 Å². The lowest BCUT2D eigenvalue weighted by molar-refractivity contribution is -0.384. The quantitative estimate of drug-likeness (QED) is 0.0714. The van der Waals surface area contributed by atoms with E-state index in [-0.39, 0.29) is 27.9 Å². The molecule has 4 aromatic carbocycles. The Morgan fingerprint density at radius 3 is 2.14 bits per heavy atom. The van der Waals surface area contributed by atoms with Crippen LogP contribution in [0.5, 0.6) is 5.75 Å². The standard InChI is InChI=1S/C43H55N7O6S2/c1-46-22-26-48(27-23-46)20-7-8-36(32-57-37-9-5-4-6-10-37)44-40-18-16-38(31-41(40)50(52)53)58(54,55)45-43(51)35-15-17-39(42(30-35)56-3)34-13-11-33(12-14-34)19-21-49-28-24-47(2)25-29-49/h4-6,9-18,30-31,36,44H,7-8,19-29,32H2,1-3H3,(H,45,51)/t36-/m1/s1. The van der Waals surface area contributed by atoms with Crippen molar-refractivity contribution in [3.8, 4) is 16.9 Å². The Morgan fingerprint density at radius 2 is 1.50 bits per heavy atom. The van der Waals surface area contributed by atoms with Crippen molar-refractivity contribution in [2.45, 2.75) is 35.1 Å². The Morgan fingerprint density at radius 1 is 0.845 bits per heavy atom. The van der Waals surface area contributed by atoms with Crippen LogP contribution in [-0.2, 0) is 16.4 Å². The average molecular weight is 830 g/mol. The maximum absolute atomic E-state index is 13.5. The number of methoxy groups -OCH3 is 1. The Hall–Kier alpha value is -4.51. The molecule has 2 aliphatic rings. The summed E-state index contributed by atoms with van der Waals surface area (Å²) < 4.78 is 34.8. The first-order valence-corrected chi connectivity index (χ1v) is 22.3. The lowest BCUT2D eigenvalue weighted by atomic mass is 10.00. The minimum atomic E-state index is -4.48. The van der Waals surface area contributed by atoms with Crippen LogP contribution in [0.2, 0.25) is 0 Å². The minimum absolute atomic E-state index is 0.0658. The summed E-state index contributed by atoms with van der Waals surface area (Å²) in [4.78, 5) is 35.4. The highest BCUT2D eigenvalue weighted by Gasteiger charge is 2.26. The molecule has 2 saturated heterocycles. The number of likely N-dealkylation sites (N-methyl/N-ethyl adjacent to an activating group) is 2. The molecule has 2 N–H and O–H groups in total. The highest BCUT2D eigenvalue weighted by molar-refractivity contribution is 7.99. The zero-order valence-corrected chi connectivity index (χ0v) is 35.3. The van der Waals surface area contributed by atoms with E-state index in [0.717, 1.165) is 107 Å². The number of amides is 1. The molecule has 0 spiro atoms. The van der Waals surface area contributed by atoms with Gasteiger partial charge in [-0.15, -0.1) is 11.8 Å². The molecule has 6 rings (SSSR count). The predicted octanol–water partition coefficient (Wildman–Crippen LogP) is 5.78. The Bertz CT molecular complexity index is 2090. The van der Waals surface area contributed by atoms with Gasteiger partial charge in [0.2, 0.25) is 0 Å². The molecule has 1 atom stereocenters. The third-order valence-electron chi connectivity index (χ3n) is 10.9. The van der Waals surface area contributed by atoms with Crippen molar-refractivity contribution in [2.75, 3.05) is 97.7 Å². The van der Waals surface area contributed by atoms with Gasteiger partial charge in [-0.1, -0.05) is 42.5 Å². The largest absolute Gasteiger partial charge is 0.496 e. The summed E-state index contributed by atoms with van der Waals surface area (Å²) in [5, 5.41) is 15.7. The van der Waals surface area contributed by atoms with E-state index in [4.69, 9.17) is 4.74 Å². The van der Waals surface area contributed by atoms with Gasteiger partial charge in [0, 0.05) is 92.8 Å². The van der Waals surface area contributed by atoms with Crippen LogP contribution in [-0.4, -0.2) is 137 Å². The lowest BCUT2D eigenvalue weighted by Gasteiger charge is -2.32. The summed E-state index contributed by atoms with van der Waals surface area (Å²) in [6, 6.07) is 26.5. The van der Waals surface area contributed by atoms with E-state index in [9.17, 15) is 23.3 Å². The summed E-state index contributed by atoms with van der Waals surface area (Å²) in [6.45, 7) is 10.3. The number of sulfonamides is 1. The van der Waals surface area contributed by atoms with E-state index in [2.05, 4.69) is 55.9 Å². The van der Waals surface area contributed by atoms with Crippen LogP contribution in [0.25, 0.3) is 11.1 Å². The Kier molecular flexibility index (Phi) is 15.2. The monoisotopic (exact) mass is 829 g/mol.